The maximum atomic E-state index is 12.5. The Labute approximate surface area is 155 Å². The van der Waals surface area contributed by atoms with Crippen molar-refractivity contribution >= 4 is 50.5 Å². The Kier molecular flexibility index (Phi) is 4.81. The lowest BCUT2D eigenvalue weighted by Gasteiger charge is -2.33. The average Bonchev–Trinajstić information content (AvgIpc) is 2.51. The van der Waals surface area contributed by atoms with E-state index in [1.165, 1.54) is 18.2 Å². The number of nitrogens with zero attached hydrogens (tertiary/aromatic N) is 1. The van der Waals surface area contributed by atoms with Crippen molar-refractivity contribution in [3.63, 3.8) is 0 Å². The van der Waals surface area contributed by atoms with Crippen LogP contribution in [0.5, 0.6) is 5.75 Å². The average molecular weight is 401 g/mol. The standard InChI is InChI=1S/C16H14Cl2N2O4S/c1-25(22,23)20-9-15(24-14-5-3-2-4-13(14)20)16(21)19-12-7-10(17)6-11(18)8-12/h2-8,15H,9H2,1H3,(H,19,21)/t15-/m1/s1. The Hall–Kier alpha value is -1.96. The van der Waals surface area contributed by atoms with Crippen molar-refractivity contribution in [1.82, 2.24) is 0 Å². The summed E-state index contributed by atoms with van der Waals surface area (Å²) < 4.78 is 31.0. The fourth-order valence-corrected chi connectivity index (χ4v) is 3.94. The molecule has 1 heterocycles. The molecular weight excluding hydrogens is 387 g/mol. The summed E-state index contributed by atoms with van der Waals surface area (Å²) in [4.78, 5) is 12.5. The van der Waals surface area contributed by atoms with E-state index in [1.54, 1.807) is 24.3 Å². The van der Waals surface area contributed by atoms with Gasteiger partial charge in [0.1, 0.15) is 5.75 Å². The molecular formula is C16H14Cl2N2O4S. The van der Waals surface area contributed by atoms with Crippen LogP contribution in [0.3, 0.4) is 0 Å². The largest absolute Gasteiger partial charge is 0.476 e. The zero-order valence-electron chi connectivity index (χ0n) is 13.1. The molecule has 0 radical (unpaired) electrons. The summed E-state index contributed by atoms with van der Waals surface area (Å²) in [7, 11) is -3.56. The summed E-state index contributed by atoms with van der Waals surface area (Å²) in [5.41, 5.74) is 0.802. The molecule has 25 heavy (non-hydrogen) atoms. The van der Waals surface area contributed by atoms with Gasteiger partial charge in [-0.2, -0.15) is 0 Å². The fraction of sp³-hybridized carbons (Fsp3) is 0.188. The number of ether oxygens (including phenoxy) is 1. The monoisotopic (exact) mass is 400 g/mol. The molecule has 0 fully saturated rings. The maximum Gasteiger partial charge on any atom is 0.267 e. The van der Waals surface area contributed by atoms with Crippen molar-refractivity contribution in [3.8, 4) is 5.75 Å². The summed E-state index contributed by atoms with van der Waals surface area (Å²) in [6.07, 6.45) is 0.0725. The zero-order valence-corrected chi connectivity index (χ0v) is 15.4. The van der Waals surface area contributed by atoms with Crippen LogP contribution in [0, 0.1) is 0 Å². The van der Waals surface area contributed by atoms with Crippen molar-refractivity contribution in [1.29, 1.82) is 0 Å². The minimum Gasteiger partial charge on any atom is -0.476 e. The number of sulfonamides is 1. The maximum absolute atomic E-state index is 12.5. The van der Waals surface area contributed by atoms with Crippen LogP contribution >= 0.6 is 23.2 Å². The van der Waals surface area contributed by atoms with E-state index in [9.17, 15) is 13.2 Å². The lowest BCUT2D eigenvalue weighted by Crippen LogP contribution is -2.48. The number of carbonyl (C=O) groups is 1. The second-order valence-electron chi connectivity index (χ2n) is 5.52. The molecule has 0 aromatic heterocycles. The van der Waals surface area contributed by atoms with Gasteiger partial charge in [0.05, 0.1) is 18.5 Å². The first-order valence-corrected chi connectivity index (χ1v) is 9.85. The van der Waals surface area contributed by atoms with E-state index in [0.29, 0.717) is 27.2 Å². The van der Waals surface area contributed by atoms with Crippen molar-refractivity contribution in [2.75, 3.05) is 22.4 Å². The highest BCUT2D eigenvalue weighted by atomic mass is 35.5. The highest BCUT2D eigenvalue weighted by molar-refractivity contribution is 7.92. The second kappa shape index (κ2) is 6.74. The number of hydrogen-bond acceptors (Lipinski definition) is 4. The SMILES string of the molecule is CS(=O)(=O)N1C[C@H](C(=O)Nc2cc(Cl)cc(Cl)c2)Oc2ccccc21. The first kappa shape index (κ1) is 17.8. The Balaban J connectivity index is 1.87. The molecule has 1 aliphatic rings. The van der Waals surface area contributed by atoms with Crippen LogP contribution in [-0.4, -0.2) is 33.2 Å². The van der Waals surface area contributed by atoms with Crippen LogP contribution in [0.4, 0.5) is 11.4 Å². The van der Waals surface area contributed by atoms with Gasteiger partial charge in [0, 0.05) is 15.7 Å². The summed E-state index contributed by atoms with van der Waals surface area (Å²) >= 11 is 11.8. The minimum atomic E-state index is -3.56. The Bertz CT molecular complexity index is 913. The van der Waals surface area contributed by atoms with Gasteiger partial charge in [-0.15, -0.1) is 0 Å². The van der Waals surface area contributed by atoms with Crippen LogP contribution in [-0.2, 0) is 14.8 Å². The molecule has 1 atom stereocenters. The molecule has 0 unspecified atom stereocenters. The number of fused-ring (bicyclic) bond motifs is 1. The van der Waals surface area contributed by atoms with Gasteiger partial charge in [-0.1, -0.05) is 35.3 Å². The van der Waals surface area contributed by atoms with Gasteiger partial charge in [-0.3, -0.25) is 9.10 Å². The summed E-state index contributed by atoms with van der Waals surface area (Å²) in [5, 5.41) is 3.38. The normalized spacial score (nSPS) is 16.8. The fourth-order valence-electron chi connectivity index (χ4n) is 2.50. The van der Waals surface area contributed by atoms with E-state index in [2.05, 4.69) is 5.32 Å². The summed E-state index contributed by atoms with van der Waals surface area (Å²) in [6, 6.07) is 11.3. The van der Waals surface area contributed by atoms with Crippen LogP contribution in [0.1, 0.15) is 0 Å². The molecule has 132 valence electrons. The van der Waals surface area contributed by atoms with Crippen LogP contribution in [0.15, 0.2) is 42.5 Å². The number of amides is 1. The molecule has 3 rings (SSSR count). The van der Waals surface area contributed by atoms with E-state index < -0.39 is 22.0 Å². The van der Waals surface area contributed by atoms with Crippen LogP contribution < -0.4 is 14.4 Å². The molecule has 1 aliphatic heterocycles. The Morgan fingerprint density at radius 1 is 1.20 bits per heavy atom. The molecule has 1 amide bonds. The number of hydrogen-bond donors (Lipinski definition) is 1. The van der Waals surface area contributed by atoms with Crippen molar-refractivity contribution < 1.29 is 17.9 Å². The zero-order chi connectivity index (χ0) is 18.2. The quantitative estimate of drug-likeness (QED) is 0.858. The first-order valence-electron chi connectivity index (χ1n) is 7.24. The lowest BCUT2D eigenvalue weighted by atomic mass is 10.2. The van der Waals surface area contributed by atoms with E-state index in [4.69, 9.17) is 27.9 Å². The molecule has 2 aromatic carbocycles. The van der Waals surface area contributed by atoms with Gasteiger partial charge in [0.2, 0.25) is 10.0 Å². The Morgan fingerprint density at radius 3 is 2.48 bits per heavy atom. The van der Waals surface area contributed by atoms with Gasteiger partial charge in [-0.05, 0) is 30.3 Å². The number of para-hydroxylation sites is 2. The van der Waals surface area contributed by atoms with Crippen molar-refractivity contribution in [2.24, 2.45) is 0 Å². The molecule has 1 N–H and O–H groups in total. The smallest absolute Gasteiger partial charge is 0.267 e. The van der Waals surface area contributed by atoms with Crippen molar-refractivity contribution in [3.05, 3.63) is 52.5 Å². The first-order chi connectivity index (χ1) is 11.7. The van der Waals surface area contributed by atoms with E-state index in [1.807, 2.05) is 0 Å². The molecule has 2 aromatic rings. The van der Waals surface area contributed by atoms with Gasteiger partial charge in [0.25, 0.3) is 5.91 Å². The number of rotatable bonds is 3. The number of carbonyl (C=O) groups excluding carboxylic acids is 1. The van der Waals surface area contributed by atoms with Gasteiger partial charge < -0.3 is 10.1 Å². The number of nitrogens with one attached hydrogen (secondary N) is 1. The number of benzene rings is 2. The van der Waals surface area contributed by atoms with Crippen LogP contribution in [0.25, 0.3) is 0 Å². The summed E-state index contributed by atoms with van der Waals surface area (Å²) in [5.74, 6) is -0.176. The second-order valence-corrected chi connectivity index (χ2v) is 8.30. The molecule has 0 spiro atoms. The van der Waals surface area contributed by atoms with Gasteiger partial charge in [-0.25, -0.2) is 8.42 Å². The van der Waals surface area contributed by atoms with E-state index in [0.717, 1.165) is 10.6 Å². The van der Waals surface area contributed by atoms with Gasteiger partial charge >= 0.3 is 0 Å². The molecule has 0 saturated carbocycles. The third kappa shape index (κ3) is 4.00. The minimum absolute atomic E-state index is 0.129. The molecule has 6 nitrogen and oxygen atoms in total. The molecule has 0 aliphatic carbocycles. The Morgan fingerprint density at radius 2 is 1.84 bits per heavy atom. The highest BCUT2D eigenvalue weighted by Crippen LogP contribution is 2.35. The highest BCUT2D eigenvalue weighted by Gasteiger charge is 2.34. The predicted octanol–water partition coefficient (Wildman–Crippen LogP) is 3.16. The lowest BCUT2D eigenvalue weighted by molar-refractivity contribution is -0.122. The number of halogens is 2. The molecule has 0 bridgehead atoms. The third-order valence-electron chi connectivity index (χ3n) is 3.56. The predicted molar refractivity (Wildman–Crippen MR) is 98.1 cm³/mol. The van der Waals surface area contributed by atoms with Gasteiger partial charge in [0.15, 0.2) is 6.10 Å². The summed E-state index contributed by atoms with van der Waals surface area (Å²) in [6.45, 7) is -0.129. The van der Waals surface area contributed by atoms with Crippen molar-refractivity contribution in [2.45, 2.75) is 6.10 Å². The van der Waals surface area contributed by atoms with Crippen LogP contribution in [0.2, 0.25) is 10.0 Å². The van der Waals surface area contributed by atoms with E-state index >= 15 is 0 Å². The molecule has 9 heteroatoms. The molecule has 0 saturated heterocycles. The number of anilines is 2. The van der Waals surface area contributed by atoms with E-state index in [-0.39, 0.29) is 6.54 Å². The third-order valence-corrected chi connectivity index (χ3v) is 5.14. The topological polar surface area (TPSA) is 75.7 Å².